The maximum atomic E-state index is 11.9. The molecule has 1 aromatic carbocycles. The highest BCUT2D eigenvalue weighted by atomic mass is 35.5. The molecule has 0 heterocycles. The average molecular weight is 336 g/mol. The zero-order valence-corrected chi connectivity index (χ0v) is 13.8. The second-order valence-electron chi connectivity index (χ2n) is 6.71. The number of rotatable bonds is 6. The Bertz CT molecular complexity index is 589. The van der Waals surface area contributed by atoms with Crippen molar-refractivity contribution >= 4 is 23.5 Å². The fourth-order valence-corrected chi connectivity index (χ4v) is 4.16. The smallest absolute Gasteiger partial charge is 0.306 e. The van der Waals surface area contributed by atoms with Gasteiger partial charge in [-0.1, -0.05) is 30.2 Å². The Balaban J connectivity index is 1.34. The van der Waals surface area contributed by atoms with Gasteiger partial charge in [0.25, 0.3) is 5.91 Å². The van der Waals surface area contributed by atoms with Crippen LogP contribution >= 0.6 is 11.6 Å². The fourth-order valence-electron chi connectivity index (χ4n) is 3.94. The number of ether oxygens (including phenoxy) is 1. The van der Waals surface area contributed by atoms with Gasteiger partial charge in [-0.3, -0.25) is 9.59 Å². The van der Waals surface area contributed by atoms with E-state index in [0.717, 1.165) is 17.9 Å². The number of hydrogen-bond donors (Lipinski definition) is 1. The average Bonchev–Trinajstić information content (AvgIpc) is 3.14. The van der Waals surface area contributed by atoms with Gasteiger partial charge in [0, 0.05) is 18.0 Å². The number of carbonyl (C=O) groups excluding carboxylic acids is 2. The summed E-state index contributed by atoms with van der Waals surface area (Å²) in [4.78, 5) is 23.6. The number of halogens is 1. The molecule has 4 nitrogen and oxygen atoms in total. The van der Waals surface area contributed by atoms with Gasteiger partial charge in [-0.15, -0.1) is 0 Å². The molecule has 2 aliphatic rings. The highest BCUT2D eigenvalue weighted by Crippen LogP contribution is 2.49. The Labute approximate surface area is 141 Å². The fraction of sp³-hybridized carbons (Fsp3) is 0.556. The molecule has 2 bridgehead atoms. The van der Waals surface area contributed by atoms with Gasteiger partial charge in [-0.05, 0) is 54.7 Å². The minimum Gasteiger partial charge on any atom is -0.456 e. The first-order valence-electron chi connectivity index (χ1n) is 8.27. The summed E-state index contributed by atoms with van der Waals surface area (Å²) in [5.74, 6) is 1.45. The predicted molar refractivity (Wildman–Crippen MR) is 87.8 cm³/mol. The van der Waals surface area contributed by atoms with Gasteiger partial charge >= 0.3 is 5.97 Å². The molecule has 0 spiro atoms. The summed E-state index contributed by atoms with van der Waals surface area (Å²) < 4.78 is 5.11. The van der Waals surface area contributed by atoms with Crippen molar-refractivity contribution < 1.29 is 14.3 Å². The quantitative estimate of drug-likeness (QED) is 0.811. The first-order chi connectivity index (χ1) is 11.1. The molecule has 2 aliphatic carbocycles. The normalized spacial score (nSPS) is 25.3. The molecule has 2 fully saturated rings. The molecule has 3 rings (SSSR count). The van der Waals surface area contributed by atoms with Gasteiger partial charge in [0.1, 0.15) is 0 Å². The van der Waals surface area contributed by atoms with Crippen molar-refractivity contribution in [2.75, 3.05) is 6.61 Å². The van der Waals surface area contributed by atoms with Crippen LogP contribution in [0.15, 0.2) is 24.3 Å². The molecule has 5 heteroatoms. The van der Waals surface area contributed by atoms with Gasteiger partial charge in [0.05, 0.1) is 0 Å². The van der Waals surface area contributed by atoms with E-state index in [1.807, 2.05) is 12.1 Å². The molecule has 0 aromatic heterocycles. The van der Waals surface area contributed by atoms with Crippen LogP contribution in [0.3, 0.4) is 0 Å². The van der Waals surface area contributed by atoms with Crippen LogP contribution in [0.2, 0.25) is 5.02 Å². The maximum Gasteiger partial charge on any atom is 0.306 e. The van der Waals surface area contributed by atoms with E-state index in [0.29, 0.717) is 29.8 Å². The van der Waals surface area contributed by atoms with E-state index in [9.17, 15) is 9.59 Å². The summed E-state index contributed by atoms with van der Waals surface area (Å²) in [6.07, 6.45) is 5.46. The molecule has 23 heavy (non-hydrogen) atoms. The van der Waals surface area contributed by atoms with Crippen molar-refractivity contribution in [3.05, 3.63) is 34.9 Å². The van der Waals surface area contributed by atoms with Crippen LogP contribution in [0.5, 0.6) is 0 Å². The van der Waals surface area contributed by atoms with Crippen LogP contribution in [0, 0.1) is 17.8 Å². The monoisotopic (exact) mass is 335 g/mol. The third-order valence-electron chi connectivity index (χ3n) is 5.06. The molecule has 1 N–H and O–H groups in total. The number of fused-ring (bicyclic) bond motifs is 2. The Hall–Kier alpha value is -1.55. The van der Waals surface area contributed by atoms with Gasteiger partial charge in [0.15, 0.2) is 6.61 Å². The minimum atomic E-state index is -0.286. The number of hydrogen-bond acceptors (Lipinski definition) is 3. The topological polar surface area (TPSA) is 55.4 Å². The summed E-state index contributed by atoms with van der Waals surface area (Å²) in [5, 5.41) is 3.36. The lowest BCUT2D eigenvalue weighted by molar-refractivity contribution is -0.149. The summed E-state index contributed by atoms with van der Waals surface area (Å²) in [6.45, 7) is 0.170. The van der Waals surface area contributed by atoms with Gasteiger partial charge in [-0.25, -0.2) is 0 Å². The molecule has 2 saturated carbocycles. The van der Waals surface area contributed by atoms with Crippen molar-refractivity contribution in [3.8, 4) is 0 Å². The van der Waals surface area contributed by atoms with Crippen molar-refractivity contribution in [3.63, 3.8) is 0 Å². The van der Waals surface area contributed by atoms with Crippen LogP contribution in [-0.4, -0.2) is 18.5 Å². The molecule has 1 amide bonds. The lowest BCUT2D eigenvalue weighted by Crippen LogP contribution is -2.29. The Morgan fingerprint density at radius 2 is 2.13 bits per heavy atom. The molecular weight excluding hydrogens is 314 g/mol. The van der Waals surface area contributed by atoms with E-state index in [4.69, 9.17) is 16.3 Å². The highest BCUT2D eigenvalue weighted by molar-refractivity contribution is 6.30. The molecular formula is C18H22ClNO3. The minimum absolute atomic E-state index is 0.208. The highest BCUT2D eigenvalue weighted by Gasteiger charge is 2.40. The van der Waals surface area contributed by atoms with Crippen LogP contribution in [-0.2, 0) is 20.9 Å². The molecule has 0 saturated heterocycles. The lowest BCUT2D eigenvalue weighted by Gasteiger charge is -2.20. The van der Waals surface area contributed by atoms with Crippen molar-refractivity contribution in [2.24, 2.45) is 17.8 Å². The summed E-state index contributed by atoms with van der Waals surface area (Å²) >= 11 is 5.89. The molecule has 3 atom stereocenters. The SMILES string of the molecule is O=C(COC(=O)C[C@H]1C[C@@H]2CC[C@@H]1C2)NCc1cccc(Cl)c1. The van der Waals surface area contributed by atoms with Crippen molar-refractivity contribution in [2.45, 2.75) is 38.6 Å². The van der Waals surface area contributed by atoms with E-state index < -0.39 is 0 Å². The van der Waals surface area contributed by atoms with Gasteiger partial charge < -0.3 is 10.1 Å². The van der Waals surface area contributed by atoms with Crippen molar-refractivity contribution in [1.29, 1.82) is 0 Å². The van der Waals surface area contributed by atoms with Crippen LogP contribution in [0.1, 0.15) is 37.7 Å². The first kappa shape index (κ1) is 16.3. The van der Waals surface area contributed by atoms with E-state index in [1.54, 1.807) is 12.1 Å². The second-order valence-corrected chi connectivity index (χ2v) is 7.14. The van der Waals surface area contributed by atoms with Gasteiger partial charge in [-0.2, -0.15) is 0 Å². The molecule has 0 radical (unpaired) electrons. The van der Waals surface area contributed by atoms with E-state index in [1.165, 1.54) is 19.3 Å². The second kappa shape index (κ2) is 7.35. The summed E-state index contributed by atoms with van der Waals surface area (Å²) in [7, 11) is 0. The first-order valence-corrected chi connectivity index (χ1v) is 8.64. The Kier molecular flexibility index (Phi) is 5.21. The van der Waals surface area contributed by atoms with Crippen LogP contribution in [0.25, 0.3) is 0 Å². The Morgan fingerprint density at radius 1 is 1.26 bits per heavy atom. The number of amides is 1. The zero-order chi connectivity index (χ0) is 16.2. The van der Waals surface area contributed by atoms with E-state index >= 15 is 0 Å². The zero-order valence-electron chi connectivity index (χ0n) is 13.1. The maximum absolute atomic E-state index is 11.9. The number of esters is 1. The molecule has 124 valence electrons. The predicted octanol–water partition coefficient (Wildman–Crippen LogP) is 3.33. The van der Waals surface area contributed by atoms with E-state index in [-0.39, 0.29) is 18.5 Å². The third-order valence-corrected chi connectivity index (χ3v) is 5.29. The number of carbonyl (C=O) groups is 2. The van der Waals surface area contributed by atoms with E-state index in [2.05, 4.69) is 5.32 Å². The number of nitrogens with one attached hydrogen (secondary N) is 1. The lowest BCUT2D eigenvalue weighted by atomic mass is 9.86. The van der Waals surface area contributed by atoms with Crippen LogP contribution < -0.4 is 5.32 Å². The third kappa shape index (κ3) is 4.47. The number of benzene rings is 1. The molecule has 1 aromatic rings. The largest absolute Gasteiger partial charge is 0.456 e. The summed E-state index contributed by atoms with van der Waals surface area (Å²) in [5.41, 5.74) is 0.916. The Morgan fingerprint density at radius 3 is 2.83 bits per heavy atom. The molecule has 0 aliphatic heterocycles. The molecule has 0 unspecified atom stereocenters. The van der Waals surface area contributed by atoms with Gasteiger partial charge in [0.2, 0.25) is 0 Å². The standard InChI is InChI=1S/C18H22ClNO3/c19-16-3-1-2-13(8-16)10-20-17(21)11-23-18(22)9-15-7-12-4-5-14(15)6-12/h1-3,8,12,14-15H,4-7,9-11H2,(H,20,21)/t12-,14-,15-/m1/s1. The van der Waals surface area contributed by atoms with Crippen LogP contribution in [0.4, 0.5) is 0 Å². The summed E-state index contributed by atoms with van der Waals surface area (Å²) in [6, 6.07) is 7.29. The van der Waals surface area contributed by atoms with Crippen molar-refractivity contribution in [1.82, 2.24) is 5.32 Å².